The summed E-state index contributed by atoms with van der Waals surface area (Å²) in [6.45, 7) is -1.37. The molecule has 0 bridgehead atoms. The molecule has 0 fully saturated rings. The summed E-state index contributed by atoms with van der Waals surface area (Å²) in [5.74, 6) is -6.06. The molecule has 0 aliphatic heterocycles. The maximum Gasteiger partial charge on any atom is 0.326 e. The number of carbonyl (C=O) groups is 6. The first kappa shape index (κ1) is 24.7. The molecule has 0 rings (SSSR count). The van der Waals surface area contributed by atoms with Crippen molar-refractivity contribution in [3.8, 4) is 0 Å². The Bertz CT molecular complexity index is 625. The molecule has 0 aromatic rings. The summed E-state index contributed by atoms with van der Waals surface area (Å²) in [4.78, 5) is 68.6. The molecule has 0 saturated carbocycles. The monoisotopic (exact) mass is 404 g/mol. The van der Waals surface area contributed by atoms with Gasteiger partial charge < -0.3 is 43.4 Å². The molecule has 11 N–H and O–H groups in total. The number of rotatable bonds is 13. The highest BCUT2D eigenvalue weighted by Crippen LogP contribution is 2.00. The molecule has 0 aromatic heterocycles. The van der Waals surface area contributed by atoms with E-state index >= 15 is 0 Å². The molecule has 14 heteroatoms. The second kappa shape index (κ2) is 12.2. The lowest BCUT2D eigenvalue weighted by Gasteiger charge is -2.23. The van der Waals surface area contributed by atoms with Gasteiger partial charge in [0.2, 0.25) is 29.5 Å². The number of aliphatic carboxylic acids is 1. The molecule has 3 unspecified atom stereocenters. The number of nitrogens with two attached hydrogens (primary N) is 3. The first-order chi connectivity index (χ1) is 13.0. The fourth-order valence-electron chi connectivity index (χ4n) is 1.95. The van der Waals surface area contributed by atoms with Crippen LogP contribution in [0.4, 0.5) is 0 Å². The summed E-state index contributed by atoms with van der Waals surface area (Å²) in [7, 11) is 0. The van der Waals surface area contributed by atoms with Gasteiger partial charge in [0.05, 0.1) is 19.6 Å². The van der Waals surface area contributed by atoms with E-state index in [1.54, 1.807) is 0 Å². The summed E-state index contributed by atoms with van der Waals surface area (Å²) in [5, 5.41) is 24.6. The molecule has 14 nitrogen and oxygen atoms in total. The molecule has 0 aliphatic rings. The van der Waals surface area contributed by atoms with Gasteiger partial charge in [-0.25, -0.2) is 4.79 Å². The highest BCUT2D eigenvalue weighted by atomic mass is 16.4. The van der Waals surface area contributed by atoms with Gasteiger partial charge in [-0.1, -0.05) is 0 Å². The Morgan fingerprint density at radius 2 is 1.36 bits per heavy atom. The Balaban J connectivity index is 5.13. The average molecular weight is 404 g/mol. The molecule has 0 radical (unpaired) electrons. The van der Waals surface area contributed by atoms with Gasteiger partial charge in [0, 0.05) is 6.42 Å². The van der Waals surface area contributed by atoms with Crippen molar-refractivity contribution in [2.75, 3.05) is 13.2 Å². The lowest BCUT2D eigenvalue weighted by atomic mass is 10.1. The first-order valence-corrected chi connectivity index (χ1v) is 8.02. The zero-order valence-electron chi connectivity index (χ0n) is 14.8. The van der Waals surface area contributed by atoms with Crippen LogP contribution in [0.25, 0.3) is 0 Å². The standard InChI is InChI=1S/C14H24N6O8/c15-4-11(24)18-6(1-2-9(16)22)12(25)20-8(5-21)13(26)19-7(14(27)28)3-10(17)23/h6-8,21H,1-5,15H2,(H2,16,22)(H2,17,23)(H,18,24)(H,19,26)(H,20,25)(H,27,28). The maximum atomic E-state index is 12.3. The Morgan fingerprint density at radius 1 is 0.821 bits per heavy atom. The molecule has 3 atom stereocenters. The number of aliphatic hydroxyl groups is 1. The van der Waals surface area contributed by atoms with Crippen LogP contribution in [0.3, 0.4) is 0 Å². The van der Waals surface area contributed by atoms with E-state index in [0.717, 1.165) is 0 Å². The Morgan fingerprint density at radius 3 is 1.79 bits per heavy atom. The molecule has 28 heavy (non-hydrogen) atoms. The highest BCUT2D eigenvalue weighted by molar-refractivity contribution is 5.94. The van der Waals surface area contributed by atoms with Crippen LogP contribution in [-0.4, -0.2) is 77.0 Å². The van der Waals surface area contributed by atoms with Crippen LogP contribution in [0.5, 0.6) is 0 Å². The number of aliphatic hydroxyl groups excluding tert-OH is 1. The van der Waals surface area contributed by atoms with Crippen molar-refractivity contribution in [2.45, 2.75) is 37.4 Å². The minimum absolute atomic E-state index is 0.202. The van der Waals surface area contributed by atoms with E-state index < -0.39 is 73.2 Å². The largest absolute Gasteiger partial charge is 0.480 e. The maximum absolute atomic E-state index is 12.3. The fraction of sp³-hybridized carbons (Fsp3) is 0.571. The van der Waals surface area contributed by atoms with Gasteiger partial charge in [-0.3, -0.25) is 24.0 Å². The molecule has 0 aromatic carbocycles. The van der Waals surface area contributed by atoms with Crippen molar-refractivity contribution >= 4 is 35.5 Å². The van der Waals surface area contributed by atoms with E-state index in [1.165, 1.54) is 0 Å². The van der Waals surface area contributed by atoms with Crippen LogP contribution in [0.15, 0.2) is 0 Å². The SMILES string of the molecule is NCC(=O)NC(CCC(N)=O)C(=O)NC(CO)C(=O)NC(CC(N)=O)C(=O)O. The van der Waals surface area contributed by atoms with Gasteiger partial charge in [0.15, 0.2) is 0 Å². The van der Waals surface area contributed by atoms with E-state index in [9.17, 15) is 33.9 Å². The van der Waals surface area contributed by atoms with E-state index in [2.05, 4.69) is 10.6 Å². The number of carbonyl (C=O) groups excluding carboxylic acids is 5. The van der Waals surface area contributed by atoms with Crippen LogP contribution in [0.1, 0.15) is 19.3 Å². The van der Waals surface area contributed by atoms with Crippen molar-refractivity contribution < 1.29 is 39.0 Å². The predicted octanol–water partition coefficient (Wildman–Crippen LogP) is -5.38. The van der Waals surface area contributed by atoms with Crippen molar-refractivity contribution in [3.63, 3.8) is 0 Å². The molecule has 0 heterocycles. The molecule has 0 aliphatic carbocycles. The van der Waals surface area contributed by atoms with E-state index in [4.69, 9.17) is 22.3 Å². The summed E-state index contributed by atoms with van der Waals surface area (Å²) >= 11 is 0. The summed E-state index contributed by atoms with van der Waals surface area (Å²) < 4.78 is 0. The van der Waals surface area contributed by atoms with E-state index in [-0.39, 0.29) is 12.8 Å². The summed E-state index contributed by atoms with van der Waals surface area (Å²) in [6, 6.07) is -4.56. The number of carboxylic acids is 1. The van der Waals surface area contributed by atoms with Crippen LogP contribution in [0, 0.1) is 0 Å². The zero-order valence-corrected chi connectivity index (χ0v) is 14.8. The van der Waals surface area contributed by atoms with Gasteiger partial charge in [0.25, 0.3) is 0 Å². The van der Waals surface area contributed by atoms with Gasteiger partial charge >= 0.3 is 5.97 Å². The normalized spacial score (nSPS) is 13.5. The Kier molecular flexibility index (Phi) is 10.8. The lowest BCUT2D eigenvalue weighted by Crippen LogP contribution is -2.57. The molecule has 0 spiro atoms. The van der Waals surface area contributed by atoms with Crippen molar-refractivity contribution in [1.29, 1.82) is 0 Å². The third kappa shape index (κ3) is 9.44. The third-order valence-corrected chi connectivity index (χ3v) is 3.35. The van der Waals surface area contributed by atoms with Crippen LogP contribution in [-0.2, 0) is 28.8 Å². The van der Waals surface area contributed by atoms with Crippen molar-refractivity contribution in [2.24, 2.45) is 17.2 Å². The van der Waals surface area contributed by atoms with Crippen LogP contribution >= 0.6 is 0 Å². The second-order valence-corrected chi connectivity index (χ2v) is 5.64. The van der Waals surface area contributed by atoms with E-state index in [1.807, 2.05) is 5.32 Å². The number of carboxylic acid groups (broad SMARTS) is 1. The van der Waals surface area contributed by atoms with Gasteiger partial charge in [-0.2, -0.15) is 0 Å². The quantitative estimate of drug-likeness (QED) is 0.145. The van der Waals surface area contributed by atoms with Gasteiger partial charge in [-0.15, -0.1) is 0 Å². The molecule has 5 amide bonds. The smallest absolute Gasteiger partial charge is 0.326 e. The van der Waals surface area contributed by atoms with Crippen molar-refractivity contribution in [1.82, 2.24) is 16.0 Å². The number of nitrogens with one attached hydrogen (secondary N) is 3. The molecular weight excluding hydrogens is 380 g/mol. The molecule has 158 valence electrons. The van der Waals surface area contributed by atoms with Crippen molar-refractivity contribution in [3.05, 3.63) is 0 Å². The van der Waals surface area contributed by atoms with Gasteiger partial charge in [0.1, 0.15) is 18.1 Å². The Hall–Kier alpha value is -3.26. The van der Waals surface area contributed by atoms with Crippen LogP contribution < -0.4 is 33.2 Å². The van der Waals surface area contributed by atoms with Crippen LogP contribution in [0.2, 0.25) is 0 Å². The predicted molar refractivity (Wildman–Crippen MR) is 91.8 cm³/mol. The number of amides is 5. The minimum atomic E-state index is -1.67. The lowest BCUT2D eigenvalue weighted by molar-refractivity contribution is -0.144. The summed E-state index contributed by atoms with van der Waals surface area (Å²) in [5.41, 5.74) is 15.0. The van der Waals surface area contributed by atoms with Gasteiger partial charge in [-0.05, 0) is 6.42 Å². The Labute approximate surface area is 159 Å². The second-order valence-electron chi connectivity index (χ2n) is 5.64. The minimum Gasteiger partial charge on any atom is -0.480 e. The topological polar surface area (TPSA) is 257 Å². The average Bonchev–Trinajstić information content (AvgIpc) is 2.61. The number of hydrogen-bond donors (Lipinski definition) is 8. The number of hydrogen-bond acceptors (Lipinski definition) is 8. The van der Waals surface area contributed by atoms with E-state index in [0.29, 0.717) is 0 Å². The third-order valence-electron chi connectivity index (χ3n) is 3.35. The highest BCUT2D eigenvalue weighted by Gasteiger charge is 2.29. The fourth-order valence-corrected chi connectivity index (χ4v) is 1.95. The molecular formula is C14H24N6O8. The number of primary amides is 2. The zero-order chi connectivity index (χ0) is 21.9. The summed E-state index contributed by atoms with van der Waals surface area (Å²) in [6.07, 6.45) is -1.17. The molecule has 0 saturated heterocycles. The first-order valence-electron chi connectivity index (χ1n) is 8.02.